The lowest BCUT2D eigenvalue weighted by Crippen LogP contribution is -2.54. The van der Waals surface area contributed by atoms with Crippen molar-refractivity contribution in [2.75, 3.05) is 42.1 Å². The molecule has 4 N–H and O–H groups in total. The first kappa shape index (κ1) is 25.3. The normalized spacial score (nSPS) is 21.7. The van der Waals surface area contributed by atoms with E-state index in [9.17, 15) is 5.11 Å². The van der Waals surface area contributed by atoms with Gasteiger partial charge in [0.1, 0.15) is 5.69 Å². The second-order valence-electron chi connectivity index (χ2n) is 10.1. The summed E-state index contributed by atoms with van der Waals surface area (Å²) in [5.74, 6) is 1.60. The van der Waals surface area contributed by atoms with E-state index in [0.717, 1.165) is 50.3 Å². The predicted octanol–water partition coefficient (Wildman–Crippen LogP) is 4.99. The minimum absolute atomic E-state index is 0.154. The molecular weight excluding hydrogens is 471 g/mol. The highest BCUT2D eigenvalue weighted by molar-refractivity contribution is 6.30. The predicted molar refractivity (Wildman–Crippen MR) is 141 cm³/mol. The van der Waals surface area contributed by atoms with Gasteiger partial charge in [0.15, 0.2) is 11.6 Å². The van der Waals surface area contributed by atoms with E-state index < -0.39 is 5.60 Å². The van der Waals surface area contributed by atoms with E-state index in [1.54, 1.807) is 0 Å². The smallest absolute Gasteiger partial charge is 0.226 e. The van der Waals surface area contributed by atoms with E-state index in [0.29, 0.717) is 35.8 Å². The highest BCUT2D eigenvalue weighted by Crippen LogP contribution is 2.36. The number of aromatic nitrogens is 2. The van der Waals surface area contributed by atoms with Gasteiger partial charge in [0, 0.05) is 43.3 Å². The van der Waals surface area contributed by atoms with Crippen LogP contribution >= 0.6 is 23.2 Å². The topological polar surface area (TPSA) is 90.5 Å². The lowest BCUT2D eigenvalue weighted by atomic mass is 9.93. The van der Waals surface area contributed by atoms with Crippen molar-refractivity contribution in [3.8, 4) is 0 Å². The van der Waals surface area contributed by atoms with Crippen molar-refractivity contribution in [2.45, 2.75) is 64.1 Å². The quantitative estimate of drug-likeness (QED) is 0.455. The van der Waals surface area contributed by atoms with Gasteiger partial charge < -0.3 is 21.1 Å². The Balaban J connectivity index is 1.50. The van der Waals surface area contributed by atoms with Crippen LogP contribution in [0.25, 0.3) is 0 Å². The molecule has 1 aromatic carbocycles. The number of halogens is 2. The van der Waals surface area contributed by atoms with Gasteiger partial charge in [-0.15, -0.1) is 0 Å². The Morgan fingerprint density at radius 1 is 1.15 bits per heavy atom. The van der Waals surface area contributed by atoms with Crippen LogP contribution in [0.2, 0.25) is 10.3 Å². The fourth-order valence-electron chi connectivity index (χ4n) is 5.47. The molecule has 4 rings (SSSR count). The number of nitrogens with zero attached hydrogens (tertiary/aromatic N) is 4. The fourth-order valence-corrected chi connectivity index (χ4v) is 5.76. The SMILES string of the molecule is CC(C)C(c1ccc(Cl)cc1)N1CCN(c2nc(Cl)nc(NCC3(O)CCCC3)c2N)C(C)C1. The summed E-state index contributed by atoms with van der Waals surface area (Å²) in [5, 5.41) is 14.9. The number of piperazine rings is 1. The van der Waals surface area contributed by atoms with Crippen molar-refractivity contribution in [3.63, 3.8) is 0 Å². The van der Waals surface area contributed by atoms with Gasteiger partial charge in [-0.3, -0.25) is 4.90 Å². The number of benzene rings is 1. The molecular formula is C25H36Cl2N6O. The van der Waals surface area contributed by atoms with Crippen LogP contribution in [-0.4, -0.2) is 57.8 Å². The first-order valence-corrected chi connectivity index (χ1v) is 13.0. The standard InChI is InChI=1S/C25H36Cl2N6O/c1-16(2)21(18-6-8-19(26)9-7-18)32-12-13-33(17(3)14-32)23-20(28)22(30-24(27)31-23)29-15-25(34)10-4-5-11-25/h6-9,16-17,21,34H,4-5,10-15,28H2,1-3H3,(H,29,30,31). The molecule has 1 aliphatic carbocycles. The molecule has 2 aromatic rings. The average molecular weight is 508 g/mol. The molecule has 186 valence electrons. The van der Waals surface area contributed by atoms with E-state index in [2.05, 4.69) is 58.0 Å². The Hall–Kier alpha value is -1.80. The number of aliphatic hydroxyl groups is 1. The van der Waals surface area contributed by atoms with Crippen molar-refractivity contribution in [2.24, 2.45) is 5.92 Å². The van der Waals surface area contributed by atoms with Crippen molar-refractivity contribution in [3.05, 3.63) is 40.1 Å². The Kier molecular flexibility index (Phi) is 7.77. The van der Waals surface area contributed by atoms with Gasteiger partial charge in [0.2, 0.25) is 5.28 Å². The molecule has 2 aliphatic rings. The van der Waals surface area contributed by atoms with E-state index >= 15 is 0 Å². The highest BCUT2D eigenvalue weighted by atomic mass is 35.5. The van der Waals surface area contributed by atoms with Crippen LogP contribution in [-0.2, 0) is 0 Å². The zero-order valence-corrected chi connectivity index (χ0v) is 21.8. The van der Waals surface area contributed by atoms with Crippen LogP contribution in [0, 0.1) is 5.92 Å². The van der Waals surface area contributed by atoms with E-state index in [1.165, 1.54) is 5.56 Å². The summed E-state index contributed by atoms with van der Waals surface area (Å²) in [4.78, 5) is 13.6. The Morgan fingerprint density at radius 2 is 1.82 bits per heavy atom. The van der Waals surface area contributed by atoms with Crippen molar-refractivity contribution in [1.29, 1.82) is 0 Å². The minimum Gasteiger partial charge on any atom is -0.393 e. The molecule has 2 unspecified atom stereocenters. The number of hydrogen-bond acceptors (Lipinski definition) is 7. The van der Waals surface area contributed by atoms with Crippen molar-refractivity contribution < 1.29 is 5.11 Å². The first-order chi connectivity index (χ1) is 16.2. The average Bonchev–Trinajstić information content (AvgIpc) is 3.22. The minimum atomic E-state index is -0.712. The number of rotatable bonds is 7. The van der Waals surface area contributed by atoms with E-state index in [-0.39, 0.29) is 11.3 Å². The molecule has 2 atom stereocenters. The molecule has 1 aromatic heterocycles. The fraction of sp³-hybridized carbons (Fsp3) is 0.600. The maximum absolute atomic E-state index is 10.7. The summed E-state index contributed by atoms with van der Waals surface area (Å²) in [6.07, 6.45) is 3.65. The van der Waals surface area contributed by atoms with Crippen molar-refractivity contribution >= 4 is 40.5 Å². The Morgan fingerprint density at radius 3 is 2.44 bits per heavy atom. The maximum Gasteiger partial charge on any atom is 0.226 e. The Labute approximate surface area is 212 Å². The largest absolute Gasteiger partial charge is 0.393 e. The number of nitrogens with one attached hydrogen (secondary N) is 1. The summed E-state index contributed by atoms with van der Waals surface area (Å²) in [5.41, 5.74) is 7.57. The van der Waals surface area contributed by atoms with E-state index in [1.807, 2.05) is 12.1 Å². The van der Waals surface area contributed by atoms with Crippen LogP contribution < -0.4 is 16.0 Å². The molecule has 1 saturated heterocycles. The van der Waals surface area contributed by atoms with Crippen LogP contribution in [0.15, 0.2) is 24.3 Å². The van der Waals surface area contributed by atoms with Gasteiger partial charge in [-0.05, 0) is 55.0 Å². The third kappa shape index (κ3) is 5.54. The summed E-state index contributed by atoms with van der Waals surface area (Å²) in [6, 6.07) is 8.67. The second-order valence-corrected chi connectivity index (χ2v) is 10.9. The zero-order chi connectivity index (χ0) is 24.5. The number of anilines is 3. The monoisotopic (exact) mass is 506 g/mol. The molecule has 0 spiro atoms. The summed E-state index contributed by atoms with van der Waals surface area (Å²) < 4.78 is 0. The van der Waals surface area contributed by atoms with Crippen LogP contribution in [0.4, 0.5) is 17.3 Å². The molecule has 0 amide bonds. The van der Waals surface area contributed by atoms with Crippen LogP contribution in [0.3, 0.4) is 0 Å². The summed E-state index contributed by atoms with van der Waals surface area (Å²) in [7, 11) is 0. The van der Waals surface area contributed by atoms with Gasteiger partial charge in [0.05, 0.1) is 5.60 Å². The first-order valence-electron chi connectivity index (χ1n) is 12.2. The molecule has 9 heteroatoms. The van der Waals surface area contributed by atoms with Crippen molar-refractivity contribution in [1.82, 2.24) is 14.9 Å². The number of nitrogen functional groups attached to an aromatic ring is 1. The molecule has 34 heavy (non-hydrogen) atoms. The molecule has 2 heterocycles. The molecule has 0 bridgehead atoms. The van der Waals surface area contributed by atoms with Crippen LogP contribution in [0.1, 0.15) is 58.1 Å². The molecule has 7 nitrogen and oxygen atoms in total. The summed E-state index contributed by atoms with van der Waals surface area (Å²) in [6.45, 7) is 9.64. The molecule has 1 aliphatic heterocycles. The van der Waals surface area contributed by atoms with E-state index in [4.69, 9.17) is 28.9 Å². The zero-order valence-electron chi connectivity index (χ0n) is 20.3. The van der Waals surface area contributed by atoms with Gasteiger partial charge in [0.25, 0.3) is 0 Å². The van der Waals surface area contributed by atoms with Gasteiger partial charge in [-0.1, -0.05) is 50.4 Å². The van der Waals surface area contributed by atoms with Crippen LogP contribution in [0.5, 0.6) is 0 Å². The van der Waals surface area contributed by atoms with Gasteiger partial charge in [-0.25, -0.2) is 0 Å². The maximum atomic E-state index is 10.7. The van der Waals surface area contributed by atoms with Gasteiger partial charge in [-0.2, -0.15) is 9.97 Å². The number of hydrogen-bond donors (Lipinski definition) is 3. The Bertz CT molecular complexity index is 980. The third-order valence-corrected chi connectivity index (χ3v) is 7.61. The lowest BCUT2D eigenvalue weighted by Gasteiger charge is -2.45. The number of nitrogens with two attached hydrogens (primary N) is 1. The molecule has 0 radical (unpaired) electrons. The van der Waals surface area contributed by atoms with Gasteiger partial charge >= 0.3 is 0 Å². The molecule has 2 fully saturated rings. The molecule has 1 saturated carbocycles. The second kappa shape index (κ2) is 10.4. The highest BCUT2D eigenvalue weighted by Gasteiger charge is 2.34. The summed E-state index contributed by atoms with van der Waals surface area (Å²) >= 11 is 12.4. The third-order valence-electron chi connectivity index (χ3n) is 7.18. The lowest BCUT2D eigenvalue weighted by molar-refractivity contribution is 0.0614.